The highest BCUT2D eigenvalue weighted by atomic mass is 79.9. The number of ether oxygens (including phenoxy) is 3. The number of benzene rings is 3. The monoisotopic (exact) mass is 399 g/mol. The molecule has 1 aliphatic rings. The van der Waals surface area contributed by atoms with E-state index in [4.69, 9.17) is 14.2 Å². The number of methoxy groups -OCH3 is 1. The minimum absolute atomic E-state index is 0.284. The van der Waals surface area contributed by atoms with Crippen molar-refractivity contribution in [2.24, 2.45) is 0 Å². The quantitative estimate of drug-likeness (QED) is 0.678. The highest BCUT2D eigenvalue weighted by Gasteiger charge is 2.17. The lowest BCUT2D eigenvalue weighted by Gasteiger charge is -2.09. The Morgan fingerprint density at radius 1 is 0.960 bits per heavy atom. The van der Waals surface area contributed by atoms with Crippen LogP contribution in [-0.4, -0.2) is 13.9 Å². The summed E-state index contributed by atoms with van der Waals surface area (Å²) in [5.74, 6) is 2.46. The first-order valence-electron chi connectivity index (χ1n) is 8.08. The van der Waals surface area contributed by atoms with Crippen LogP contribution in [-0.2, 0) is 13.1 Å². The van der Waals surface area contributed by atoms with Gasteiger partial charge in [-0.05, 0) is 68.2 Å². The zero-order chi connectivity index (χ0) is 17.2. The van der Waals surface area contributed by atoms with E-state index in [9.17, 15) is 0 Å². The van der Waals surface area contributed by atoms with E-state index < -0.39 is 0 Å². The fourth-order valence-electron chi connectivity index (χ4n) is 2.98. The fourth-order valence-corrected chi connectivity index (χ4v) is 3.59. The second kappa shape index (κ2) is 6.94. The van der Waals surface area contributed by atoms with Crippen LogP contribution in [0.5, 0.6) is 17.2 Å². The normalized spacial score (nSPS) is 12.6. The van der Waals surface area contributed by atoms with Gasteiger partial charge >= 0.3 is 0 Å². The molecule has 5 heteroatoms. The molecule has 0 amide bonds. The van der Waals surface area contributed by atoms with Gasteiger partial charge in [-0.1, -0.05) is 18.2 Å². The molecule has 1 N–H and O–H groups in total. The maximum absolute atomic E-state index is 5.46. The van der Waals surface area contributed by atoms with Crippen molar-refractivity contribution in [2.45, 2.75) is 13.1 Å². The van der Waals surface area contributed by atoms with Crippen LogP contribution in [0.15, 0.2) is 53.0 Å². The lowest BCUT2D eigenvalue weighted by Crippen LogP contribution is -2.12. The molecule has 0 fully saturated rings. The lowest BCUT2D eigenvalue weighted by atomic mass is 10.1. The van der Waals surface area contributed by atoms with Gasteiger partial charge in [0.05, 0.1) is 11.6 Å². The maximum Gasteiger partial charge on any atom is 0.231 e. The number of hydrogen-bond donors (Lipinski definition) is 1. The number of nitrogens with one attached hydrogen (secondary N) is 1. The van der Waals surface area contributed by atoms with Crippen molar-refractivity contribution >= 4 is 26.7 Å². The van der Waals surface area contributed by atoms with Crippen molar-refractivity contribution in [3.63, 3.8) is 0 Å². The first kappa shape index (κ1) is 16.2. The van der Waals surface area contributed by atoms with Crippen LogP contribution < -0.4 is 19.5 Å². The Morgan fingerprint density at radius 3 is 2.64 bits per heavy atom. The largest absolute Gasteiger partial charge is 0.497 e. The number of rotatable bonds is 5. The summed E-state index contributed by atoms with van der Waals surface area (Å²) < 4.78 is 17.1. The molecule has 4 rings (SSSR count). The third-order valence-corrected chi connectivity index (χ3v) is 4.85. The fraction of sp³-hybridized carbons (Fsp3) is 0.200. The summed E-state index contributed by atoms with van der Waals surface area (Å²) in [5, 5.41) is 5.88. The molecule has 3 aromatic carbocycles. The average Bonchev–Trinajstić information content (AvgIpc) is 3.10. The van der Waals surface area contributed by atoms with Crippen LogP contribution >= 0.6 is 15.9 Å². The highest BCUT2D eigenvalue weighted by Crippen LogP contribution is 2.39. The van der Waals surface area contributed by atoms with Gasteiger partial charge in [-0.3, -0.25) is 0 Å². The molecule has 0 aromatic heterocycles. The molecule has 25 heavy (non-hydrogen) atoms. The minimum Gasteiger partial charge on any atom is -0.497 e. The molecule has 0 radical (unpaired) electrons. The van der Waals surface area contributed by atoms with Crippen molar-refractivity contribution in [3.05, 3.63) is 64.1 Å². The topological polar surface area (TPSA) is 39.7 Å². The molecule has 0 aliphatic carbocycles. The summed E-state index contributed by atoms with van der Waals surface area (Å²) in [4.78, 5) is 0. The van der Waals surface area contributed by atoms with E-state index in [1.54, 1.807) is 7.11 Å². The Hall–Kier alpha value is -2.24. The van der Waals surface area contributed by atoms with E-state index in [0.717, 1.165) is 40.4 Å². The van der Waals surface area contributed by atoms with Crippen LogP contribution in [0, 0.1) is 0 Å². The molecule has 0 saturated carbocycles. The van der Waals surface area contributed by atoms with E-state index in [-0.39, 0.29) is 6.79 Å². The molecule has 0 spiro atoms. The molecular formula is C20H18BrNO3. The Balaban J connectivity index is 1.43. The molecule has 3 aromatic rings. The number of fused-ring (bicyclic) bond motifs is 2. The molecule has 1 aliphatic heterocycles. The molecule has 1 heterocycles. The van der Waals surface area contributed by atoms with E-state index in [2.05, 4.69) is 57.6 Å². The maximum atomic E-state index is 5.46. The van der Waals surface area contributed by atoms with E-state index in [0.29, 0.717) is 0 Å². The van der Waals surface area contributed by atoms with Gasteiger partial charge in [-0.15, -0.1) is 0 Å². The van der Waals surface area contributed by atoms with Crippen LogP contribution in [0.4, 0.5) is 0 Å². The first-order chi connectivity index (χ1) is 12.2. The van der Waals surface area contributed by atoms with Gasteiger partial charge in [0.15, 0.2) is 11.5 Å². The zero-order valence-corrected chi connectivity index (χ0v) is 15.4. The van der Waals surface area contributed by atoms with Crippen LogP contribution in [0.1, 0.15) is 11.1 Å². The predicted octanol–water partition coefficient (Wildman–Crippen LogP) is 4.63. The summed E-state index contributed by atoms with van der Waals surface area (Å²) in [7, 11) is 1.69. The predicted molar refractivity (Wildman–Crippen MR) is 101 cm³/mol. The lowest BCUT2D eigenvalue weighted by molar-refractivity contribution is 0.173. The molecule has 0 unspecified atom stereocenters. The highest BCUT2D eigenvalue weighted by molar-refractivity contribution is 9.10. The molecule has 128 valence electrons. The summed E-state index contributed by atoms with van der Waals surface area (Å²) in [6, 6.07) is 16.7. The van der Waals surface area contributed by atoms with Gasteiger partial charge in [-0.2, -0.15) is 0 Å². The van der Waals surface area contributed by atoms with Crippen LogP contribution in [0.25, 0.3) is 10.8 Å². The van der Waals surface area contributed by atoms with Gasteiger partial charge in [0.2, 0.25) is 6.79 Å². The second-order valence-electron chi connectivity index (χ2n) is 5.96. The van der Waals surface area contributed by atoms with Crippen molar-refractivity contribution in [1.82, 2.24) is 5.32 Å². The van der Waals surface area contributed by atoms with Gasteiger partial charge in [0.1, 0.15) is 5.75 Å². The molecule has 4 nitrogen and oxygen atoms in total. The SMILES string of the molecule is COc1ccc2cc(CNCc3cc(Br)c4c(c3)OCO4)ccc2c1. The van der Waals surface area contributed by atoms with E-state index >= 15 is 0 Å². The number of halogens is 1. The molecule has 0 atom stereocenters. The van der Waals surface area contributed by atoms with Gasteiger partial charge < -0.3 is 19.5 Å². The minimum atomic E-state index is 0.284. The standard InChI is InChI=1S/C20H18BrNO3/c1-23-17-5-4-15-6-13(2-3-16(15)9-17)10-22-11-14-7-18(21)20-19(8-14)24-12-25-20/h2-9,22H,10-12H2,1H3. The summed E-state index contributed by atoms with van der Waals surface area (Å²) in [6.07, 6.45) is 0. The summed E-state index contributed by atoms with van der Waals surface area (Å²) in [5.41, 5.74) is 2.40. The van der Waals surface area contributed by atoms with Crippen LogP contribution in [0.3, 0.4) is 0 Å². The molecular weight excluding hydrogens is 382 g/mol. The van der Waals surface area contributed by atoms with Gasteiger partial charge in [0.25, 0.3) is 0 Å². The van der Waals surface area contributed by atoms with Gasteiger partial charge in [0, 0.05) is 13.1 Å². The van der Waals surface area contributed by atoms with Crippen molar-refractivity contribution in [2.75, 3.05) is 13.9 Å². The Morgan fingerprint density at radius 2 is 1.76 bits per heavy atom. The third kappa shape index (κ3) is 3.43. The second-order valence-corrected chi connectivity index (χ2v) is 6.82. The number of hydrogen-bond acceptors (Lipinski definition) is 4. The smallest absolute Gasteiger partial charge is 0.231 e. The van der Waals surface area contributed by atoms with Crippen molar-refractivity contribution in [1.29, 1.82) is 0 Å². The summed E-state index contributed by atoms with van der Waals surface area (Å²) in [6.45, 7) is 1.84. The van der Waals surface area contributed by atoms with Crippen molar-refractivity contribution in [3.8, 4) is 17.2 Å². The Kier molecular flexibility index (Phi) is 4.51. The van der Waals surface area contributed by atoms with E-state index in [1.807, 2.05) is 12.1 Å². The van der Waals surface area contributed by atoms with Crippen molar-refractivity contribution < 1.29 is 14.2 Å². The molecule has 0 bridgehead atoms. The average molecular weight is 400 g/mol. The van der Waals surface area contributed by atoms with Gasteiger partial charge in [-0.25, -0.2) is 0 Å². The summed E-state index contributed by atoms with van der Waals surface area (Å²) >= 11 is 3.53. The van der Waals surface area contributed by atoms with Crippen LogP contribution in [0.2, 0.25) is 0 Å². The first-order valence-corrected chi connectivity index (χ1v) is 8.87. The third-order valence-electron chi connectivity index (χ3n) is 4.26. The van der Waals surface area contributed by atoms with E-state index in [1.165, 1.54) is 16.3 Å². The zero-order valence-electron chi connectivity index (χ0n) is 13.8. The Bertz CT molecular complexity index is 926. The molecule has 0 saturated heterocycles. The Labute approximate surface area is 154 Å².